The number of nitrogens with one attached hydrogen (secondary N) is 3. The van der Waals surface area contributed by atoms with Crippen LogP contribution >= 0.6 is 0 Å². The van der Waals surface area contributed by atoms with Crippen LogP contribution in [0.4, 0.5) is 5.95 Å². The van der Waals surface area contributed by atoms with Gasteiger partial charge in [0.2, 0.25) is 5.95 Å². The lowest BCUT2D eigenvalue weighted by atomic mass is 10.2. The van der Waals surface area contributed by atoms with Crippen LogP contribution in [-0.4, -0.2) is 42.9 Å². The van der Waals surface area contributed by atoms with Crippen molar-refractivity contribution in [3.8, 4) is 11.3 Å². The average Bonchev–Trinajstić information content (AvgIpc) is 3.36. The number of hydrogen-bond acceptors (Lipinski definition) is 6. The van der Waals surface area contributed by atoms with Crippen molar-refractivity contribution in [3.05, 3.63) is 42.1 Å². The Morgan fingerprint density at radius 3 is 3.08 bits per heavy atom. The van der Waals surface area contributed by atoms with Gasteiger partial charge in [-0.2, -0.15) is 10.1 Å². The highest BCUT2D eigenvalue weighted by Gasteiger charge is 2.22. The third kappa shape index (κ3) is 2.88. The molecule has 3 aromatic heterocycles. The quantitative estimate of drug-likeness (QED) is 0.671. The molecule has 0 spiro atoms. The summed E-state index contributed by atoms with van der Waals surface area (Å²) in [5, 5.41) is 16.3. The van der Waals surface area contributed by atoms with Crippen LogP contribution in [0.25, 0.3) is 11.3 Å². The van der Waals surface area contributed by atoms with E-state index in [0.717, 1.165) is 25.0 Å². The van der Waals surface area contributed by atoms with E-state index in [9.17, 15) is 4.79 Å². The van der Waals surface area contributed by atoms with Gasteiger partial charge in [0, 0.05) is 24.6 Å². The normalized spacial score (nSPS) is 17.1. The van der Waals surface area contributed by atoms with E-state index in [1.807, 2.05) is 12.1 Å². The monoisotopic (exact) mass is 325 g/mol. The predicted molar refractivity (Wildman–Crippen MR) is 84.1 cm³/mol. The zero-order valence-electron chi connectivity index (χ0n) is 12.7. The van der Waals surface area contributed by atoms with Gasteiger partial charge in [-0.05, 0) is 31.0 Å². The second-order valence-electron chi connectivity index (χ2n) is 5.41. The van der Waals surface area contributed by atoms with E-state index in [0.29, 0.717) is 17.2 Å². The molecular formula is C15H15N7O2. The standard InChI is InChI=1S/C15H15N7O2/c23-14(11-7-10(19-20-11)9-3-1-5-16-8-9)18-15-17-13(21-22-15)12-4-2-6-24-12/h1,3,5,7-8,12H,2,4,6H2,(H,19,20)(H2,17,18,21,22,23). The van der Waals surface area contributed by atoms with Gasteiger partial charge in [-0.25, -0.2) is 0 Å². The molecule has 1 aliphatic heterocycles. The number of amides is 1. The van der Waals surface area contributed by atoms with Crippen LogP contribution in [0.1, 0.15) is 35.3 Å². The molecule has 24 heavy (non-hydrogen) atoms. The molecule has 9 heteroatoms. The third-order valence-corrected chi connectivity index (χ3v) is 3.74. The SMILES string of the molecule is O=C(Nc1n[nH]c(C2CCCO2)n1)c1cc(-c2cccnc2)n[nH]1. The lowest BCUT2D eigenvalue weighted by molar-refractivity contribution is 0.101. The van der Waals surface area contributed by atoms with E-state index in [1.54, 1.807) is 18.5 Å². The summed E-state index contributed by atoms with van der Waals surface area (Å²) in [6.45, 7) is 0.721. The second kappa shape index (κ2) is 6.20. The summed E-state index contributed by atoms with van der Waals surface area (Å²) in [6, 6.07) is 5.33. The molecule has 0 radical (unpaired) electrons. The number of ether oxygens (including phenoxy) is 1. The van der Waals surface area contributed by atoms with Crippen LogP contribution in [0, 0.1) is 0 Å². The van der Waals surface area contributed by atoms with Gasteiger partial charge in [0.05, 0.1) is 5.69 Å². The van der Waals surface area contributed by atoms with Gasteiger partial charge >= 0.3 is 0 Å². The van der Waals surface area contributed by atoms with Crippen molar-refractivity contribution in [2.24, 2.45) is 0 Å². The molecule has 4 heterocycles. The molecule has 1 amide bonds. The number of hydrogen-bond donors (Lipinski definition) is 3. The maximum atomic E-state index is 12.3. The fraction of sp³-hybridized carbons (Fsp3) is 0.267. The molecule has 0 saturated carbocycles. The molecule has 4 rings (SSSR count). The smallest absolute Gasteiger partial charge is 0.276 e. The zero-order chi connectivity index (χ0) is 16.4. The minimum atomic E-state index is -0.365. The van der Waals surface area contributed by atoms with Crippen molar-refractivity contribution < 1.29 is 9.53 Å². The molecule has 0 aliphatic carbocycles. The highest BCUT2D eigenvalue weighted by Crippen LogP contribution is 2.26. The molecular weight excluding hydrogens is 310 g/mol. The van der Waals surface area contributed by atoms with Crippen molar-refractivity contribution in [3.63, 3.8) is 0 Å². The molecule has 0 bridgehead atoms. The van der Waals surface area contributed by atoms with Crippen LogP contribution in [-0.2, 0) is 4.74 Å². The van der Waals surface area contributed by atoms with Crippen LogP contribution in [0.5, 0.6) is 0 Å². The fourth-order valence-corrected chi connectivity index (χ4v) is 2.54. The Morgan fingerprint density at radius 1 is 1.33 bits per heavy atom. The van der Waals surface area contributed by atoms with E-state index in [1.165, 1.54) is 0 Å². The Morgan fingerprint density at radius 2 is 2.29 bits per heavy atom. The number of carbonyl (C=O) groups is 1. The summed E-state index contributed by atoms with van der Waals surface area (Å²) in [7, 11) is 0. The molecule has 1 fully saturated rings. The summed E-state index contributed by atoms with van der Waals surface area (Å²) in [4.78, 5) is 20.6. The summed E-state index contributed by atoms with van der Waals surface area (Å²) >= 11 is 0. The topological polar surface area (TPSA) is 121 Å². The first kappa shape index (κ1) is 14.5. The zero-order valence-corrected chi connectivity index (χ0v) is 12.7. The maximum absolute atomic E-state index is 12.3. The summed E-state index contributed by atoms with van der Waals surface area (Å²) < 4.78 is 5.53. The Labute approximate surface area is 136 Å². The number of pyridine rings is 1. The molecule has 0 aromatic carbocycles. The fourth-order valence-electron chi connectivity index (χ4n) is 2.54. The van der Waals surface area contributed by atoms with Crippen molar-refractivity contribution in [1.82, 2.24) is 30.4 Å². The van der Waals surface area contributed by atoms with E-state index in [4.69, 9.17) is 4.74 Å². The van der Waals surface area contributed by atoms with Gasteiger partial charge in [0.25, 0.3) is 5.91 Å². The minimum Gasteiger partial charge on any atom is -0.370 e. The van der Waals surface area contributed by atoms with Gasteiger partial charge in [-0.3, -0.25) is 25.3 Å². The number of rotatable bonds is 4. The first-order chi connectivity index (χ1) is 11.8. The van der Waals surface area contributed by atoms with Gasteiger partial charge in [-0.15, -0.1) is 5.10 Å². The first-order valence-corrected chi connectivity index (χ1v) is 7.60. The van der Waals surface area contributed by atoms with Crippen molar-refractivity contribution in [2.45, 2.75) is 18.9 Å². The summed E-state index contributed by atoms with van der Waals surface area (Å²) in [6.07, 6.45) is 5.18. The summed E-state index contributed by atoms with van der Waals surface area (Å²) in [5.74, 6) is 0.474. The number of aromatic nitrogens is 6. The molecule has 9 nitrogen and oxygen atoms in total. The maximum Gasteiger partial charge on any atom is 0.276 e. The Balaban J connectivity index is 1.46. The van der Waals surface area contributed by atoms with Crippen molar-refractivity contribution in [1.29, 1.82) is 0 Å². The van der Waals surface area contributed by atoms with Crippen LogP contribution in [0.2, 0.25) is 0 Å². The van der Waals surface area contributed by atoms with Gasteiger partial charge in [-0.1, -0.05) is 0 Å². The molecule has 1 unspecified atom stereocenters. The Bertz CT molecular complexity index is 836. The minimum absolute atomic E-state index is 0.0764. The number of H-pyrrole nitrogens is 2. The van der Waals surface area contributed by atoms with E-state index < -0.39 is 0 Å². The molecule has 122 valence electrons. The number of aromatic amines is 2. The third-order valence-electron chi connectivity index (χ3n) is 3.74. The van der Waals surface area contributed by atoms with Crippen LogP contribution < -0.4 is 5.32 Å². The van der Waals surface area contributed by atoms with Crippen LogP contribution in [0.3, 0.4) is 0 Å². The van der Waals surface area contributed by atoms with Gasteiger partial charge in [0.15, 0.2) is 5.82 Å². The average molecular weight is 325 g/mol. The molecule has 1 aliphatic rings. The molecule has 3 aromatic rings. The number of nitrogens with zero attached hydrogens (tertiary/aromatic N) is 4. The van der Waals surface area contributed by atoms with E-state index >= 15 is 0 Å². The molecule has 1 saturated heterocycles. The predicted octanol–water partition coefficient (Wildman–Crippen LogP) is 1.69. The summed E-state index contributed by atoms with van der Waals surface area (Å²) in [5.41, 5.74) is 1.78. The van der Waals surface area contributed by atoms with Crippen molar-refractivity contribution in [2.75, 3.05) is 11.9 Å². The molecule has 1 atom stereocenters. The van der Waals surface area contributed by atoms with E-state index in [2.05, 4.69) is 35.7 Å². The van der Waals surface area contributed by atoms with Gasteiger partial charge < -0.3 is 4.74 Å². The van der Waals surface area contributed by atoms with Crippen LogP contribution in [0.15, 0.2) is 30.6 Å². The number of carbonyl (C=O) groups excluding carboxylic acids is 1. The lowest BCUT2D eigenvalue weighted by Gasteiger charge is -2.02. The van der Waals surface area contributed by atoms with Gasteiger partial charge in [0.1, 0.15) is 11.8 Å². The van der Waals surface area contributed by atoms with Crippen molar-refractivity contribution >= 4 is 11.9 Å². The highest BCUT2D eigenvalue weighted by atomic mass is 16.5. The Kier molecular flexibility index (Phi) is 3.75. The second-order valence-corrected chi connectivity index (χ2v) is 5.41. The van der Waals surface area contributed by atoms with E-state index in [-0.39, 0.29) is 18.0 Å². The lowest BCUT2D eigenvalue weighted by Crippen LogP contribution is -2.13. The molecule has 3 N–H and O–H groups in total. The number of anilines is 1. The Hall–Kier alpha value is -3.07. The largest absolute Gasteiger partial charge is 0.370 e. The first-order valence-electron chi connectivity index (χ1n) is 7.60. The highest BCUT2D eigenvalue weighted by molar-refractivity contribution is 6.02.